The number of hydrogen-bond acceptors (Lipinski definition) is 0. The van der Waals surface area contributed by atoms with Crippen molar-refractivity contribution in [3.05, 3.63) is 10.6 Å². The summed E-state index contributed by atoms with van der Waals surface area (Å²) < 4.78 is 1.05. The van der Waals surface area contributed by atoms with Gasteiger partial charge in [0.1, 0.15) is 8.07 Å². The van der Waals surface area contributed by atoms with E-state index in [4.69, 9.17) is 0 Å². The van der Waals surface area contributed by atoms with Gasteiger partial charge in [0.05, 0.1) is 4.48 Å². The van der Waals surface area contributed by atoms with Crippen LogP contribution in [0.4, 0.5) is 0 Å². The van der Waals surface area contributed by atoms with Gasteiger partial charge in [-0.1, -0.05) is 51.9 Å². The molecule has 13 heavy (non-hydrogen) atoms. The maximum atomic E-state index is 3.48. The molecule has 0 fully saturated rings. The summed E-state index contributed by atoms with van der Waals surface area (Å²) in [6.45, 7) is 11.2. The van der Waals surface area contributed by atoms with E-state index in [9.17, 15) is 0 Å². The van der Waals surface area contributed by atoms with Crippen LogP contribution in [0.3, 0.4) is 0 Å². The molecule has 0 saturated heterocycles. The highest BCUT2D eigenvalue weighted by atomic mass is 79.9. The van der Waals surface area contributed by atoms with Gasteiger partial charge in [0.2, 0.25) is 0 Å². The minimum absolute atomic E-state index is 0.616. The van der Waals surface area contributed by atoms with Crippen LogP contribution >= 0.6 is 15.9 Å². The van der Waals surface area contributed by atoms with Gasteiger partial charge >= 0.3 is 0 Å². The molecule has 0 aromatic carbocycles. The first kappa shape index (κ1) is 13.0. The molecule has 0 aromatic heterocycles. The number of hydrogen-bond donors (Lipinski definition) is 0. The Balaban J connectivity index is 4.35. The fourth-order valence-electron chi connectivity index (χ4n) is 0.657. The van der Waals surface area contributed by atoms with Crippen LogP contribution in [0.5, 0.6) is 0 Å². The highest BCUT2D eigenvalue weighted by Crippen LogP contribution is 2.11. The van der Waals surface area contributed by atoms with Gasteiger partial charge in [-0.15, -0.1) is 5.54 Å². The first-order chi connectivity index (χ1) is 5.85. The normalized spacial score (nSPS) is 14.8. The minimum Gasteiger partial charge on any atom is -0.126 e. The molecule has 0 rings (SSSR count). The second kappa shape index (κ2) is 5.67. The Labute approximate surface area is 91.9 Å². The SMILES string of the molecule is CC[C@H](C)/C=C(\Br)C#C[Si](C)(C)C. The topological polar surface area (TPSA) is 0 Å². The molecule has 2 heteroatoms. The maximum absolute atomic E-state index is 3.48. The van der Waals surface area contributed by atoms with Gasteiger partial charge in [-0.25, -0.2) is 0 Å². The quantitative estimate of drug-likeness (QED) is 0.515. The van der Waals surface area contributed by atoms with E-state index < -0.39 is 8.07 Å². The Morgan fingerprint density at radius 3 is 2.38 bits per heavy atom. The summed E-state index contributed by atoms with van der Waals surface area (Å²) in [6, 6.07) is 0. The molecule has 1 atom stereocenters. The molecule has 0 N–H and O–H groups in total. The molecule has 0 aliphatic carbocycles. The fourth-order valence-corrected chi connectivity index (χ4v) is 1.90. The molecule has 0 heterocycles. The third kappa shape index (κ3) is 8.33. The third-order valence-electron chi connectivity index (χ3n) is 1.63. The zero-order chi connectivity index (χ0) is 10.5. The van der Waals surface area contributed by atoms with Gasteiger partial charge in [0.25, 0.3) is 0 Å². The molecule has 0 saturated carbocycles. The third-order valence-corrected chi connectivity index (χ3v) is 2.97. The molecule has 0 nitrogen and oxygen atoms in total. The zero-order valence-electron chi connectivity index (χ0n) is 9.24. The summed E-state index contributed by atoms with van der Waals surface area (Å²) in [4.78, 5) is 0. The van der Waals surface area contributed by atoms with Crippen LogP contribution < -0.4 is 0 Å². The molecule has 0 amide bonds. The Morgan fingerprint density at radius 2 is 2.00 bits per heavy atom. The lowest BCUT2D eigenvalue weighted by atomic mass is 10.1. The number of halogens is 1. The van der Waals surface area contributed by atoms with Crippen molar-refractivity contribution in [1.82, 2.24) is 0 Å². The first-order valence-electron chi connectivity index (χ1n) is 4.75. The second-order valence-electron chi connectivity index (χ2n) is 4.40. The molecular weight excluding hydrogens is 240 g/mol. The van der Waals surface area contributed by atoms with Crippen molar-refractivity contribution in [2.75, 3.05) is 0 Å². The largest absolute Gasteiger partial charge is 0.129 e. The van der Waals surface area contributed by atoms with Gasteiger partial charge in [-0.2, -0.15) is 0 Å². The predicted octanol–water partition coefficient (Wildman–Crippen LogP) is 4.19. The summed E-state index contributed by atoms with van der Waals surface area (Å²) in [5.74, 6) is 3.79. The average molecular weight is 259 g/mol. The maximum Gasteiger partial charge on any atom is 0.129 e. The summed E-state index contributed by atoms with van der Waals surface area (Å²) in [5, 5.41) is 0. The monoisotopic (exact) mass is 258 g/mol. The predicted molar refractivity (Wildman–Crippen MR) is 67.6 cm³/mol. The van der Waals surface area contributed by atoms with E-state index in [-0.39, 0.29) is 0 Å². The van der Waals surface area contributed by atoms with Crippen molar-refractivity contribution in [2.45, 2.75) is 39.9 Å². The van der Waals surface area contributed by atoms with Crippen LogP contribution in [0.2, 0.25) is 19.6 Å². The minimum atomic E-state index is -1.21. The van der Waals surface area contributed by atoms with E-state index in [0.29, 0.717) is 5.92 Å². The van der Waals surface area contributed by atoms with E-state index >= 15 is 0 Å². The lowest BCUT2D eigenvalue weighted by molar-refractivity contribution is 0.698. The summed E-state index contributed by atoms with van der Waals surface area (Å²) in [6.07, 6.45) is 3.36. The van der Waals surface area contributed by atoms with Gasteiger partial charge in [0, 0.05) is 0 Å². The van der Waals surface area contributed by atoms with Crippen molar-refractivity contribution in [1.29, 1.82) is 0 Å². The van der Waals surface area contributed by atoms with E-state index in [1.54, 1.807) is 0 Å². The summed E-state index contributed by atoms with van der Waals surface area (Å²) in [7, 11) is -1.21. The Morgan fingerprint density at radius 1 is 1.46 bits per heavy atom. The zero-order valence-corrected chi connectivity index (χ0v) is 11.8. The van der Waals surface area contributed by atoms with Crippen molar-refractivity contribution in [3.63, 3.8) is 0 Å². The van der Waals surface area contributed by atoms with Crippen LogP contribution in [-0.2, 0) is 0 Å². The average Bonchev–Trinajstić information content (AvgIpc) is 1.99. The molecule has 0 aromatic rings. The molecule has 0 unspecified atom stereocenters. The highest BCUT2D eigenvalue weighted by Gasteiger charge is 2.07. The van der Waals surface area contributed by atoms with Crippen LogP contribution in [0.15, 0.2) is 10.6 Å². The Hall–Kier alpha value is -0.00312. The lowest BCUT2D eigenvalue weighted by Gasteiger charge is -2.03. The van der Waals surface area contributed by atoms with Crippen LogP contribution in [0.1, 0.15) is 20.3 Å². The lowest BCUT2D eigenvalue weighted by Crippen LogP contribution is -2.16. The highest BCUT2D eigenvalue weighted by molar-refractivity contribution is 9.12. The van der Waals surface area contributed by atoms with E-state index in [1.807, 2.05) is 0 Å². The van der Waals surface area contributed by atoms with Crippen molar-refractivity contribution in [2.24, 2.45) is 5.92 Å². The summed E-state index contributed by atoms with van der Waals surface area (Å²) >= 11 is 3.48. The van der Waals surface area contributed by atoms with Crippen molar-refractivity contribution in [3.8, 4) is 11.5 Å². The Kier molecular flexibility index (Phi) is 5.67. The summed E-state index contributed by atoms with van der Waals surface area (Å²) in [5.41, 5.74) is 3.32. The van der Waals surface area contributed by atoms with Crippen LogP contribution in [-0.4, -0.2) is 8.07 Å². The van der Waals surface area contributed by atoms with Gasteiger partial charge in [-0.3, -0.25) is 0 Å². The molecular formula is C11H19BrSi. The van der Waals surface area contributed by atoms with Gasteiger partial charge in [-0.05, 0) is 21.8 Å². The number of rotatable bonds is 2. The molecule has 0 aliphatic heterocycles. The molecule has 0 bridgehead atoms. The Bertz CT molecular complexity index is 237. The van der Waals surface area contributed by atoms with Crippen molar-refractivity contribution >= 4 is 24.0 Å². The molecule has 0 aliphatic rings. The standard InChI is InChI=1S/C11H19BrSi/c1-6-10(2)9-11(12)7-8-13(3,4)5/h9-10H,6H2,1-5H3/b11-9-/t10-/m0/s1. The molecule has 74 valence electrons. The van der Waals surface area contributed by atoms with Gasteiger partial charge in [0.15, 0.2) is 0 Å². The van der Waals surface area contributed by atoms with Gasteiger partial charge < -0.3 is 0 Å². The second-order valence-corrected chi connectivity index (χ2v) is 10.0. The van der Waals surface area contributed by atoms with E-state index in [0.717, 1.165) is 4.48 Å². The van der Waals surface area contributed by atoms with E-state index in [1.165, 1.54) is 6.42 Å². The first-order valence-corrected chi connectivity index (χ1v) is 9.05. The van der Waals surface area contributed by atoms with Crippen LogP contribution in [0, 0.1) is 17.4 Å². The number of allylic oxidation sites excluding steroid dienone is 2. The molecule has 0 radical (unpaired) electrons. The van der Waals surface area contributed by atoms with E-state index in [2.05, 4.69) is 67.0 Å². The van der Waals surface area contributed by atoms with Crippen molar-refractivity contribution < 1.29 is 0 Å². The fraction of sp³-hybridized carbons (Fsp3) is 0.636. The molecule has 0 spiro atoms. The smallest absolute Gasteiger partial charge is 0.126 e. The van der Waals surface area contributed by atoms with Crippen LogP contribution in [0.25, 0.3) is 0 Å².